The smallest absolute Gasteiger partial charge is 0.138 e. The molecule has 0 aliphatic rings. The Hall–Kier alpha value is -2.84. The van der Waals surface area contributed by atoms with Crippen molar-refractivity contribution in [2.24, 2.45) is 0 Å². The molecule has 0 bridgehead atoms. The molecule has 134 valence electrons. The SMILES string of the molecule is C#C/C=C/C(O)CCC/C=C/C#CC#CCCCC#CC#CC(O)CO. The standard InChI is InChI=1S/C23H24O3/c1-2-3-18-22(25)19-16-14-12-10-8-6-4-5-7-9-11-13-15-17-20-23(26)21-24/h1,3,10,12,18,22-26H,7,9,11,14,16,19,21H2/b12-10+,18-3+. The van der Waals surface area contributed by atoms with E-state index in [0.29, 0.717) is 19.3 Å². The first kappa shape index (κ1) is 23.2. The zero-order valence-electron chi connectivity index (χ0n) is 14.8. The summed E-state index contributed by atoms with van der Waals surface area (Å²) in [4.78, 5) is 0. The van der Waals surface area contributed by atoms with Crippen molar-refractivity contribution in [3.63, 3.8) is 0 Å². The summed E-state index contributed by atoms with van der Waals surface area (Å²) in [5.41, 5.74) is 0. The fourth-order valence-corrected chi connectivity index (χ4v) is 1.57. The van der Waals surface area contributed by atoms with Crippen molar-refractivity contribution in [2.75, 3.05) is 6.61 Å². The zero-order valence-corrected chi connectivity index (χ0v) is 14.8. The lowest BCUT2D eigenvalue weighted by Gasteiger charge is -2.01. The Labute approximate surface area is 157 Å². The van der Waals surface area contributed by atoms with Gasteiger partial charge in [0.2, 0.25) is 0 Å². The Balaban J connectivity index is 3.77. The van der Waals surface area contributed by atoms with Crippen LogP contribution in [0.4, 0.5) is 0 Å². The maximum absolute atomic E-state index is 9.53. The second kappa shape index (κ2) is 18.5. The second-order valence-corrected chi connectivity index (χ2v) is 5.12. The van der Waals surface area contributed by atoms with E-state index >= 15 is 0 Å². The molecular formula is C23H24O3. The summed E-state index contributed by atoms with van der Waals surface area (Å²) in [7, 11) is 0. The van der Waals surface area contributed by atoms with Crippen molar-refractivity contribution in [2.45, 2.75) is 50.7 Å². The largest absolute Gasteiger partial charge is 0.393 e. The third kappa shape index (κ3) is 17.5. The van der Waals surface area contributed by atoms with Gasteiger partial charge in [0.15, 0.2) is 0 Å². The first-order valence-electron chi connectivity index (χ1n) is 8.42. The molecule has 2 atom stereocenters. The normalized spacial score (nSPS) is 11.6. The van der Waals surface area contributed by atoms with Gasteiger partial charge in [-0.3, -0.25) is 0 Å². The average molecular weight is 348 g/mol. The fourth-order valence-electron chi connectivity index (χ4n) is 1.57. The van der Waals surface area contributed by atoms with Crippen LogP contribution in [0.5, 0.6) is 0 Å². The number of rotatable bonds is 8. The van der Waals surface area contributed by atoms with Gasteiger partial charge in [0.05, 0.1) is 12.7 Å². The van der Waals surface area contributed by atoms with Crippen LogP contribution >= 0.6 is 0 Å². The minimum atomic E-state index is -1.02. The molecule has 2 unspecified atom stereocenters. The Morgan fingerprint density at radius 3 is 2.35 bits per heavy atom. The van der Waals surface area contributed by atoms with Crippen LogP contribution in [0.3, 0.4) is 0 Å². The molecule has 3 heteroatoms. The Morgan fingerprint density at radius 2 is 1.65 bits per heavy atom. The molecule has 0 aromatic heterocycles. The molecule has 0 heterocycles. The lowest BCUT2D eigenvalue weighted by atomic mass is 10.1. The molecule has 0 radical (unpaired) electrons. The van der Waals surface area contributed by atoms with Gasteiger partial charge in [-0.2, -0.15) is 0 Å². The number of aliphatic hydroxyl groups excluding tert-OH is 3. The molecular weight excluding hydrogens is 324 g/mol. The molecule has 0 fully saturated rings. The van der Waals surface area contributed by atoms with Crippen LogP contribution in [-0.2, 0) is 0 Å². The van der Waals surface area contributed by atoms with Crippen molar-refractivity contribution in [3.05, 3.63) is 24.3 Å². The van der Waals surface area contributed by atoms with E-state index in [9.17, 15) is 5.11 Å². The summed E-state index contributed by atoms with van der Waals surface area (Å²) in [6.45, 7) is -0.381. The molecule has 0 saturated carbocycles. The van der Waals surface area contributed by atoms with Gasteiger partial charge >= 0.3 is 0 Å². The van der Waals surface area contributed by atoms with Gasteiger partial charge < -0.3 is 15.3 Å². The summed E-state index contributed by atoms with van der Waals surface area (Å²) < 4.78 is 0. The summed E-state index contributed by atoms with van der Waals surface area (Å²) in [6, 6.07) is 0. The van der Waals surface area contributed by atoms with E-state index < -0.39 is 12.2 Å². The van der Waals surface area contributed by atoms with E-state index in [1.54, 1.807) is 12.2 Å². The van der Waals surface area contributed by atoms with Gasteiger partial charge in [-0.25, -0.2) is 0 Å². The molecule has 0 aromatic carbocycles. The summed E-state index contributed by atoms with van der Waals surface area (Å²) >= 11 is 0. The van der Waals surface area contributed by atoms with Gasteiger partial charge in [-0.15, -0.1) is 6.42 Å². The molecule has 0 amide bonds. The maximum atomic E-state index is 9.53. The predicted molar refractivity (Wildman–Crippen MR) is 105 cm³/mol. The number of hydrogen-bond acceptors (Lipinski definition) is 3. The monoisotopic (exact) mass is 348 g/mol. The highest BCUT2D eigenvalue weighted by molar-refractivity contribution is 5.31. The lowest BCUT2D eigenvalue weighted by molar-refractivity contribution is 0.138. The van der Waals surface area contributed by atoms with Crippen molar-refractivity contribution in [3.8, 4) is 59.7 Å². The van der Waals surface area contributed by atoms with E-state index in [2.05, 4.69) is 53.3 Å². The zero-order chi connectivity index (χ0) is 19.3. The van der Waals surface area contributed by atoms with Gasteiger partial charge in [-0.05, 0) is 67.6 Å². The third-order valence-corrected chi connectivity index (χ3v) is 2.88. The van der Waals surface area contributed by atoms with Crippen LogP contribution in [0.15, 0.2) is 24.3 Å². The minimum absolute atomic E-state index is 0.381. The van der Waals surface area contributed by atoms with Gasteiger partial charge in [0, 0.05) is 12.8 Å². The van der Waals surface area contributed by atoms with Crippen LogP contribution in [0.25, 0.3) is 0 Å². The second-order valence-electron chi connectivity index (χ2n) is 5.12. The van der Waals surface area contributed by atoms with Crippen LogP contribution < -0.4 is 0 Å². The van der Waals surface area contributed by atoms with Crippen LogP contribution in [0.2, 0.25) is 0 Å². The summed E-state index contributed by atoms with van der Waals surface area (Å²) in [5.74, 6) is 24.0. The highest BCUT2D eigenvalue weighted by Crippen LogP contribution is 2.02. The summed E-state index contributed by atoms with van der Waals surface area (Å²) in [6.07, 6.45) is 15.0. The molecule has 0 rings (SSSR count). The van der Waals surface area contributed by atoms with E-state index in [1.165, 1.54) is 6.08 Å². The number of allylic oxidation sites excluding steroid dienone is 3. The number of hydrogen-bond donors (Lipinski definition) is 3. The molecule has 3 N–H and O–H groups in total. The Morgan fingerprint density at radius 1 is 0.923 bits per heavy atom. The van der Waals surface area contributed by atoms with Crippen molar-refractivity contribution >= 4 is 0 Å². The molecule has 0 aliphatic carbocycles. The van der Waals surface area contributed by atoms with E-state index in [1.807, 2.05) is 6.08 Å². The topological polar surface area (TPSA) is 60.7 Å². The molecule has 0 spiro atoms. The molecule has 0 saturated heterocycles. The van der Waals surface area contributed by atoms with Crippen molar-refractivity contribution in [1.82, 2.24) is 0 Å². The molecule has 0 aliphatic heterocycles. The summed E-state index contributed by atoms with van der Waals surface area (Å²) in [5, 5.41) is 27.0. The number of terminal acetylenes is 1. The third-order valence-electron chi connectivity index (χ3n) is 2.88. The molecule has 0 aromatic rings. The van der Waals surface area contributed by atoms with Crippen LogP contribution in [0, 0.1) is 59.7 Å². The van der Waals surface area contributed by atoms with Gasteiger partial charge in [0.25, 0.3) is 0 Å². The van der Waals surface area contributed by atoms with Crippen LogP contribution in [0.1, 0.15) is 38.5 Å². The first-order valence-corrected chi connectivity index (χ1v) is 8.42. The number of aliphatic hydroxyl groups is 3. The quantitative estimate of drug-likeness (QED) is 0.463. The average Bonchev–Trinajstić information content (AvgIpc) is 2.65. The number of unbranched alkanes of at least 4 members (excludes halogenated alkanes) is 3. The molecule has 26 heavy (non-hydrogen) atoms. The Kier molecular flexibility index (Phi) is 16.5. The highest BCUT2D eigenvalue weighted by Gasteiger charge is 1.96. The van der Waals surface area contributed by atoms with E-state index in [4.69, 9.17) is 16.6 Å². The van der Waals surface area contributed by atoms with Crippen molar-refractivity contribution < 1.29 is 15.3 Å². The predicted octanol–water partition coefficient (Wildman–Crippen LogP) is 1.80. The first-order chi connectivity index (χ1) is 12.7. The fraction of sp³-hybridized carbons (Fsp3) is 0.391. The van der Waals surface area contributed by atoms with Gasteiger partial charge in [0.1, 0.15) is 6.10 Å². The van der Waals surface area contributed by atoms with Crippen LogP contribution in [-0.4, -0.2) is 34.1 Å². The van der Waals surface area contributed by atoms with Crippen molar-refractivity contribution in [1.29, 1.82) is 0 Å². The van der Waals surface area contributed by atoms with E-state index in [0.717, 1.165) is 19.3 Å². The molecule has 3 nitrogen and oxygen atoms in total. The maximum Gasteiger partial charge on any atom is 0.138 e. The van der Waals surface area contributed by atoms with Gasteiger partial charge in [-0.1, -0.05) is 35.7 Å². The van der Waals surface area contributed by atoms with E-state index in [-0.39, 0.29) is 6.61 Å². The highest BCUT2D eigenvalue weighted by atomic mass is 16.3. The lowest BCUT2D eigenvalue weighted by Crippen LogP contribution is -2.07. The minimum Gasteiger partial charge on any atom is -0.393 e. The Bertz CT molecular complexity index is 722.